The van der Waals surface area contributed by atoms with Crippen molar-refractivity contribution in [1.82, 2.24) is 15.0 Å². The van der Waals surface area contributed by atoms with Crippen molar-refractivity contribution in [3.63, 3.8) is 0 Å². The van der Waals surface area contributed by atoms with E-state index in [9.17, 15) is 0 Å². The first-order valence-electron chi connectivity index (χ1n) is 7.43. The third-order valence-electron chi connectivity index (χ3n) is 3.59. The Morgan fingerprint density at radius 1 is 1.23 bits per heavy atom. The van der Waals surface area contributed by atoms with Gasteiger partial charge in [-0.05, 0) is 38.2 Å². The molecule has 2 rings (SSSR count). The Bertz CT molecular complexity index is 568. The standard InChI is InChI=1S/C16H23N3O3/c1-5-15-17-16(22-18-15)12(2)19(3)10-11-21-14-8-6-13(20-4)7-9-14/h6-9,12H,5,10-11H2,1-4H3. The molecular formula is C16H23N3O3. The Labute approximate surface area is 131 Å². The number of hydrogen-bond acceptors (Lipinski definition) is 6. The number of likely N-dealkylation sites (N-methyl/N-ethyl adjacent to an activating group) is 1. The second kappa shape index (κ2) is 7.79. The summed E-state index contributed by atoms with van der Waals surface area (Å²) in [6, 6.07) is 7.62. The third-order valence-corrected chi connectivity index (χ3v) is 3.59. The van der Waals surface area contributed by atoms with Crippen LogP contribution >= 0.6 is 0 Å². The average molecular weight is 305 g/mol. The molecule has 22 heavy (non-hydrogen) atoms. The fraction of sp³-hybridized carbons (Fsp3) is 0.500. The minimum atomic E-state index is 0.0623. The molecule has 0 radical (unpaired) electrons. The molecule has 2 aromatic rings. The highest BCUT2D eigenvalue weighted by Gasteiger charge is 2.18. The van der Waals surface area contributed by atoms with Crippen LogP contribution in [0, 0.1) is 0 Å². The number of hydrogen-bond donors (Lipinski definition) is 0. The molecule has 0 spiro atoms. The fourth-order valence-corrected chi connectivity index (χ4v) is 1.94. The number of aryl methyl sites for hydroxylation is 1. The zero-order valence-corrected chi connectivity index (χ0v) is 13.6. The largest absolute Gasteiger partial charge is 0.497 e. The predicted molar refractivity (Wildman–Crippen MR) is 83.2 cm³/mol. The lowest BCUT2D eigenvalue weighted by Crippen LogP contribution is -2.27. The minimum absolute atomic E-state index is 0.0623. The van der Waals surface area contributed by atoms with E-state index in [2.05, 4.69) is 15.0 Å². The summed E-state index contributed by atoms with van der Waals surface area (Å²) in [5.41, 5.74) is 0. The highest BCUT2D eigenvalue weighted by Crippen LogP contribution is 2.18. The zero-order valence-electron chi connectivity index (χ0n) is 13.6. The summed E-state index contributed by atoms with van der Waals surface area (Å²) in [7, 11) is 3.66. The predicted octanol–water partition coefficient (Wildman–Crippen LogP) is 2.71. The molecule has 1 aromatic heterocycles. The minimum Gasteiger partial charge on any atom is -0.497 e. The number of methoxy groups -OCH3 is 1. The van der Waals surface area contributed by atoms with Gasteiger partial charge in [0.1, 0.15) is 18.1 Å². The SMILES string of the molecule is CCc1noc(C(C)N(C)CCOc2ccc(OC)cc2)n1. The van der Waals surface area contributed by atoms with Crippen molar-refractivity contribution < 1.29 is 14.0 Å². The van der Waals surface area contributed by atoms with Crippen LogP contribution < -0.4 is 9.47 Å². The van der Waals surface area contributed by atoms with Crippen LogP contribution in [0.5, 0.6) is 11.5 Å². The van der Waals surface area contributed by atoms with Gasteiger partial charge >= 0.3 is 0 Å². The monoisotopic (exact) mass is 305 g/mol. The maximum atomic E-state index is 5.72. The van der Waals surface area contributed by atoms with Crippen LogP contribution in [0.15, 0.2) is 28.8 Å². The second-order valence-corrected chi connectivity index (χ2v) is 5.08. The van der Waals surface area contributed by atoms with Gasteiger partial charge in [-0.2, -0.15) is 4.98 Å². The molecule has 0 saturated carbocycles. The van der Waals surface area contributed by atoms with Gasteiger partial charge in [-0.3, -0.25) is 4.90 Å². The van der Waals surface area contributed by atoms with E-state index in [0.29, 0.717) is 12.5 Å². The summed E-state index contributed by atoms with van der Waals surface area (Å²) in [6.07, 6.45) is 0.778. The number of aromatic nitrogens is 2. The molecule has 0 fully saturated rings. The molecule has 0 bridgehead atoms. The maximum Gasteiger partial charge on any atom is 0.243 e. The Kier molecular flexibility index (Phi) is 5.77. The van der Waals surface area contributed by atoms with E-state index >= 15 is 0 Å². The van der Waals surface area contributed by atoms with E-state index in [4.69, 9.17) is 14.0 Å². The molecule has 0 saturated heterocycles. The van der Waals surface area contributed by atoms with Crippen LogP contribution in [0.2, 0.25) is 0 Å². The van der Waals surface area contributed by atoms with Gasteiger partial charge < -0.3 is 14.0 Å². The normalized spacial score (nSPS) is 12.4. The summed E-state index contributed by atoms with van der Waals surface area (Å²) in [4.78, 5) is 6.48. The number of benzene rings is 1. The molecular weight excluding hydrogens is 282 g/mol. The van der Waals surface area contributed by atoms with Gasteiger partial charge in [0.05, 0.1) is 13.2 Å². The van der Waals surface area contributed by atoms with Crippen molar-refractivity contribution in [1.29, 1.82) is 0 Å². The maximum absolute atomic E-state index is 5.72. The lowest BCUT2D eigenvalue weighted by Gasteiger charge is -2.21. The molecule has 0 aliphatic carbocycles. The van der Waals surface area contributed by atoms with Gasteiger partial charge in [0.15, 0.2) is 5.82 Å². The summed E-state index contributed by atoms with van der Waals surface area (Å²) < 4.78 is 16.1. The molecule has 0 aliphatic heterocycles. The first kappa shape index (κ1) is 16.3. The van der Waals surface area contributed by atoms with E-state index in [1.165, 1.54) is 0 Å². The average Bonchev–Trinajstić information content (AvgIpc) is 3.03. The highest BCUT2D eigenvalue weighted by molar-refractivity contribution is 5.31. The van der Waals surface area contributed by atoms with Gasteiger partial charge in [0.2, 0.25) is 5.89 Å². The molecule has 0 N–H and O–H groups in total. The highest BCUT2D eigenvalue weighted by atomic mass is 16.5. The molecule has 6 nitrogen and oxygen atoms in total. The summed E-state index contributed by atoms with van der Waals surface area (Å²) in [6.45, 7) is 5.39. The summed E-state index contributed by atoms with van der Waals surface area (Å²) in [5.74, 6) is 3.03. The van der Waals surface area contributed by atoms with Crippen LogP contribution in [0.25, 0.3) is 0 Å². The number of nitrogens with zero attached hydrogens (tertiary/aromatic N) is 3. The lowest BCUT2D eigenvalue weighted by atomic mass is 10.3. The van der Waals surface area contributed by atoms with E-state index in [1.54, 1.807) is 7.11 Å². The molecule has 1 heterocycles. The van der Waals surface area contributed by atoms with Gasteiger partial charge in [0, 0.05) is 13.0 Å². The van der Waals surface area contributed by atoms with Crippen molar-refractivity contribution in [2.45, 2.75) is 26.3 Å². The molecule has 1 aromatic carbocycles. The second-order valence-electron chi connectivity index (χ2n) is 5.08. The molecule has 120 valence electrons. The van der Waals surface area contributed by atoms with Crippen molar-refractivity contribution >= 4 is 0 Å². The van der Waals surface area contributed by atoms with E-state index in [1.807, 2.05) is 45.2 Å². The van der Waals surface area contributed by atoms with Crippen molar-refractivity contribution in [3.8, 4) is 11.5 Å². The summed E-state index contributed by atoms with van der Waals surface area (Å²) >= 11 is 0. The van der Waals surface area contributed by atoms with E-state index in [0.717, 1.165) is 30.3 Å². The van der Waals surface area contributed by atoms with E-state index in [-0.39, 0.29) is 6.04 Å². The van der Waals surface area contributed by atoms with Crippen LogP contribution in [0.4, 0.5) is 0 Å². The van der Waals surface area contributed by atoms with E-state index < -0.39 is 0 Å². The third kappa shape index (κ3) is 4.21. The Balaban J connectivity index is 1.80. The van der Waals surface area contributed by atoms with Crippen LogP contribution in [-0.2, 0) is 6.42 Å². The molecule has 0 aliphatic rings. The fourth-order valence-electron chi connectivity index (χ4n) is 1.94. The zero-order chi connectivity index (χ0) is 15.9. The van der Waals surface area contributed by atoms with Gasteiger partial charge in [-0.15, -0.1) is 0 Å². The number of ether oxygens (including phenoxy) is 2. The summed E-state index contributed by atoms with van der Waals surface area (Å²) in [5, 5.41) is 3.93. The molecule has 1 unspecified atom stereocenters. The molecule has 1 atom stereocenters. The molecule has 6 heteroatoms. The van der Waals surface area contributed by atoms with Gasteiger partial charge in [-0.1, -0.05) is 12.1 Å². The van der Waals surface area contributed by atoms with Crippen molar-refractivity contribution in [2.24, 2.45) is 0 Å². The Morgan fingerprint density at radius 3 is 2.50 bits per heavy atom. The van der Waals surface area contributed by atoms with Crippen LogP contribution in [-0.4, -0.2) is 42.3 Å². The van der Waals surface area contributed by atoms with Crippen molar-refractivity contribution in [3.05, 3.63) is 36.0 Å². The first-order valence-corrected chi connectivity index (χ1v) is 7.43. The van der Waals surface area contributed by atoms with Crippen LogP contribution in [0.3, 0.4) is 0 Å². The smallest absolute Gasteiger partial charge is 0.243 e. The number of rotatable bonds is 8. The van der Waals surface area contributed by atoms with Gasteiger partial charge in [0.25, 0.3) is 0 Å². The van der Waals surface area contributed by atoms with Crippen molar-refractivity contribution in [2.75, 3.05) is 27.3 Å². The molecule has 0 amide bonds. The lowest BCUT2D eigenvalue weighted by molar-refractivity contribution is 0.173. The Hall–Kier alpha value is -2.08. The Morgan fingerprint density at radius 2 is 1.91 bits per heavy atom. The van der Waals surface area contributed by atoms with Crippen LogP contribution in [0.1, 0.15) is 31.6 Å². The van der Waals surface area contributed by atoms with Gasteiger partial charge in [-0.25, -0.2) is 0 Å². The first-order chi connectivity index (χ1) is 10.6. The topological polar surface area (TPSA) is 60.6 Å². The quantitative estimate of drug-likeness (QED) is 0.747.